The van der Waals surface area contributed by atoms with Crippen LogP contribution < -0.4 is 11.1 Å². The van der Waals surface area contributed by atoms with Gasteiger partial charge < -0.3 is 11.1 Å². The number of carbonyl (C=O) groups is 2. The van der Waals surface area contributed by atoms with Crippen molar-refractivity contribution in [1.29, 1.82) is 0 Å². The summed E-state index contributed by atoms with van der Waals surface area (Å²) in [6, 6.07) is -0.766. The Morgan fingerprint density at radius 1 is 0.958 bits per heavy atom. The van der Waals surface area contributed by atoms with Crippen LogP contribution in [0.1, 0.15) is 35.3 Å². The van der Waals surface area contributed by atoms with Crippen molar-refractivity contribution in [3.05, 3.63) is 34.9 Å². The Labute approximate surface area is 133 Å². The maximum absolute atomic E-state index is 12.7. The first-order valence-electron chi connectivity index (χ1n) is 6.63. The fourth-order valence-corrected chi connectivity index (χ4v) is 1.88. The van der Waals surface area contributed by atoms with Crippen LogP contribution in [0.2, 0.25) is 0 Å². The maximum atomic E-state index is 12.7. The van der Waals surface area contributed by atoms with Crippen molar-refractivity contribution >= 4 is 11.8 Å². The highest BCUT2D eigenvalue weighted by atomic mass is 19.4. The van der Waals surface area contributed by atoms with E-state index in [1.54, 1.807) is 0 Å². The summed E-state index contributed by atoms with van der Waals surface area (Å²) in [6.45, 7) is 3.01. The van der Waals surface area contributed by atoms with Gasteiger partial charge in [0.1, 0.15) is 6.04 Å². The normalized spacial score (nSPS) is 13.7. The van der Waals surface area contributed by atoms with Gasteiger partial charge in [-0.2, -0.15) is 26.3 Å². The second-order valence-corrected chi connectivity index (χ2v) is 5.39. The molecule has 134 valence electrons. The van der Waals surface area contributed by atoms with Gasteiger partial charge in [-0.25, -0.2) is 0 Å². The van der Waals surface area contributed by atoms with Crippen LogP contribution in [-0.2, 0) is 17.1 Å². The summed E-state index contributed by atoms with van der Waals surface area (Å²) in [7, 11) is 0. The molecular formula is C14H14F6N2O2. The molecule has 0 saturated heterocycles. The molecule has 24 heavy (non-hydrogen) atoms. The number of alkyl halides is 6. The average molecular weight is 356 g/mol. The molecule has 4 nitrogen and oxygen atoms in total. The molecule has 10 heteroatoms. The maximum Gasteiger partial charge on any atom is 0.416 e. The van der Waals surface area contributed by atoms with Gasteiger partial charge in [0.15, 0.2) is 0 Å². The molecule has 0 aliphatic rings. The largest absolute Gasteiger partial charge is 0.416 e. The summed E-state index contributed by atoms with van der Waals surface area (Å²) in [4.78, 5) is 23.2. The molecule has 2 amide bonds. The Hall–Kier alpha value is -2.26. The summed E-state index contributed by atoms with van der Waals surface area (Å²) in [5.41, 5.74) is 0.932. The third kappa shape index (κ3) is 4.87. The number of carbonyl (C=O) groups excluding carboxylic acids is 2. The first-order valence-corrected chi connectivity index (χ1v) is 6.63. The Bertz CT molecular complexity index is 605. The van der Waals surface area contributed by atoms with Gasteiger partial charge in [-0.15, -0.1) is 0 Å². The molecule has 0 spiro atoms. The van der Waals surface area contributed by atoms with Crippen molar-refractivity contribution in [2.24, 2.45) is 11.7 Å². The van der Waals surface area contributed by atoms with Gasteiger partial charge in [0, 0.05) is 5.56 Å². The molecule has 0 heterocycles. The molecule has 0 bridgehead atoms. The summed E-state index contributed by atoms with van der Waals surface area (Å²) in [5, 5.41) is 2.04. The zero-order valence-electron chi connectivity index (χ0n) is 12.5. The molecule has 0 aliphatic heterocycles. The molecule has 0 aliphatic carbocycles. The molecule has 1 aromatic rings. The SMILES string of the molecule is CC(C)[C@H](NC(=O)c1cc(C(F)(F)F)cc(C(F)(F)F)c1)C(N)=O. The van der Waals surface area contributed by atoms with Crippen molar-refractivity contribution in [1.82, 2.24) is 5.32 Å². The van der Waals surface area contributed by atoms with Crippen LogP contribution >= 0.6 is 0 Å². The average Bonchev–Trinajstić information content (AvgIpc) is 2.41. The van der Waals surface area contributed by atoms with Gasteiger partial charge in [0.05, 0.1) is 11.1 Å². The number of rotatable bonds is 4. The molecule has 0 fully saturated rings. The quantitative estimate of drug-likeness (QED) is 0.814. The van der Waals surface area contributed by atoms with Crippen LogP contribution in [0.3, 0.4) is 0 Å². The van der Waals surface area contributed by atoms with E-state index >= 15 is 0 Å². The molecule has 1 rings (SSSR count). The predicted molar refractivity (Wildman–Crippen MR) is 71.7 cm³/mol. The lowest BCUT2D eigenvalue weighted by atomic mass is 10.0. The third-order valence-corrected chi connectivity index (χ3v) is 3.11. The molecular weight excluding hydrogens is 342 g/mol. The lowest BCUT2D eigenvalue weighted by Gasteiger charge is -2.20. The van der Waals surface area contributed by atoms with E-state index in [9.17, 15) is 35.9 Å². The summed E-state index contributed by atoms with van der Waals surface area (Å²) in [6.07, 6.45) is -10.1. The van der Waals surface area contributed by atoms with Gasteiger partial charge >= 0.3 is 12.4 Å². The summed E-state index contributed by atoms with van der Waals surface area (Å²) >= 11 is 0. The van der Waals surface area contributed by atoms with E-state index in [0.717, 1.165) is 0 Å². The zero-order chi connectivity index (χ0) is 18.9. The first kappa shape index (κ1) is 19.8. The van der Waals surface area contributed by atoms with Crippen LogP contribution in [0.4, 0.5) is 26.3 Å². The number of halogens is 6. The van der Waals surface area contributed by atoms with Crippen LogP contribution in [-0.4, -0.2) is 17.9 Å². The standard InChI is InChI=1S/C14H14F6N2O2/c1-6(2)10(11(21)23)22-12(24)7-3-8(13(15,16)17)5-9(4-7)14(18,19)20/h3-6,10H,1-2H3,(H2,21,23)(H,22,24)/t10-/m0/s1. The van der Waals surface area contributed by atoms with Crippen molar-refractivity contribution in [3.63, 3.8) is 0 Å². The highest BCUT2D eigenvalue weighted by Crippen LogP contribution is 2.36. The molecule has 1 atom stereocenters. The van der Waals surface area contributed by atoms with Crippen molar-refractivity contribution in [3.8, 4) is 0 Å². The number of hydrogen-bond donors (Lipinski definition) is 2. The van der Waals surface area contributed by atoms with E-state index in [2.05, 4.69) is 0 Å². The molecule has 1 aromatic carbocycles. The third-order valence-electron chi connectivity index (χ3n) is 3.11. The van der Waals surface area contributed by atoms with E-state index in [1.807, 2.05) is 5.32 Å². The number of primary amides is 1. The minimum atomic E-state index is -5.07. The smallest absolute Gasteiger partial charge is 0.368 e. The van der Waals surface area contributed by atoms with Crippen molar-refractivity contribution in [2.75, 3.05) is 0 Å². The second kappa shape index (κ2) is 6.70. The van der Waals surface area contributed by atoms with Gasteiger partial charge in [-0.1, -0.05) is 13.8 Å². The second-order valence-electron chi connectivity index (χ2n) is 5.39. The number of amides is 2. The lowest BCUT2D eigenvalue weighted by Crippen LogP contribution is -2.47. The monoisotopic (exact) mass is 356 g/mol. The first-order chi connectivity index (χ1) is 10.7. The van der Waals surface area contributed by atoms with Crippen LogP contribution in [0.25, 0.3) is 0 Å². The molecule has 0 unspecified atom stereocenters. The molecule has 0 radical (unpaired) electrons. The number of benzene rings is 1. The van der Waals surface area contributed by atoms with Crippen molar-refractivity contribution < 1.29 is 35.9 Å². The number of nitrogens with one attached hydrogen (secondary N) is 1. The Kier molecular flexibility index (Phi) is 5.52. The highest BCUT2D eigenvalue weighted by molar-refractivity contribution is 5.97. The molecule has 0 aromatic heterocycles. The highest BCUT2D eigenvalue weighted by Gasteiger charge is 2.37. The van der Waals surface area contributed by atoms with Crippen molar-refractivity contribution in [2.45, 2.75) is 32.2 Å². The minimum absolute atomic E-state index is 0.0925. The minimum Gasteiger partial charge on any atom is -0.368 e. The summed E-state index contributed by atoms with van der Waals surface area (Å²) < 4.78 is 76.5. The number of nitrogens with two attached hydrogens (primary N) is 1. The van der Waals surface area contributed by atoms with Gasteiger partial charge in [0.25, 0.3) is 5.91 Å². The van der Waals surface area contributed by atoms with E-state index in [0.29, 0.717) is 0 Å². The Morgan fingerprint density at radius 3 is 1.67 bits per heavy atom. The van der Waals surface area contributed by atoms with Gasteiger partial charge in [-0.05, 0) is 24.1 Å². The van der Waals surface area contributed by atoms with Crippen LogP contribution in [0, 0.1) is 5.92 Å². The van der Waals surface area contributed by atoms with E-state index < -0.39 is 52.8 Å². The summed E-state index contributed by atoms with van der Waals surface area (Å²) in [5.74, 6) is -2.72. The number of hydrogen-bond acceptors (Lipinski definition) is 2. The van der Waals surface area contributed by atoms with Crippen LogP contribution in [0.5, 0.6) is 0 Å². The fraction of sp³-hybridized carbons (Fsp3) is 0.429. The van der Waals surface area contributed by atoms with Crippen LogP contribution in [0.15, 0.2) is 18.2 Å². The zero-order valence-corrected chi connectivity index (χ0v) is 12.5. The van der Waals surface area contributed by atoms with E-state index in [1.165, 1.54) is 13.8 Å². The lowest BCUT2D eigenvalue weighted by molar-refractivity contribution is -0.143. The van der Waals surface area contributed by atoms with E-state index in [4.69, 9.17) is 5.73 Å². The topological polar surface area (TPSA) is 72.2 Å². The molecule has 0 saturated carbocycles. The van der Waals surface area contributed by atoms with Gasteiger partial charge in [0.2, 0.25) is 5.91 Å². The Balaban J connectivity index is 3.32. The molecule has 3 N–H and O–H groups in total. The fourth-order valence-electron chi connectivity index (χ4n) is 1.88. The van der Waals surface area contributed by atoms with E-state index in [-0.39, 0.29) is 18.2 Å². The predicted octanol–water partition coefficient (Wildman–Crippen LogP) is 2.96. The van der Waals surface area contributed by atoms with Gasteiger partial charge in [-0.3, -0.25) is 9.59 Å². The Morgan fingerprint density at radius 2 is 1.38 bits per heavy atom.